The van der Waals surface area contributed by atoms with Gasteiger partial charge in [0.15, 0.2) is 0 Å². The lowest BCUT2D eigenvalue weighted by molar-refractivity contribution is -0.132. The minimum absolute atomic E-state index is 0.0437. The fourth-order valence-electron chi connectivity index (χ4n) is 3.22. The fraction of sp³-hybridized carbons (Fsp3) is 0.500. The van der Waals surface area contributed by atoms with E-state index in [4.69, 9.17) is 5.14 Å². The Kier molecular flexibility index (Phi) is 4.60. The number of fused-ring (bicyclic) bond motifs is 1. The van der Waals surface area contributed by atoms with E-state index in [9.17, 15) is 13.2 Å². The molecule has 2 aromatic rings. The Balaban J connectivity index is 1.73. The number of amides is 1. The molecule has 1 atom stereocenters. The standard InChI is InChI=1S/C16H22N4O3S/c1-11-6-7-12-13(10-11)19-16(18-12)14-4-2-8-20(14)15(21)5-3-9-24(17,22)23/h6-7,10,14H,2-5,8-9H2,1H3,(H,18,19)(H2,17,22,23). The second-order valence-electron chi connectivity index (χ2n) is 6.36. The third kappa shape index (κ3) is 3.76. The van der Waals surface area contributed by atoms with Gasteiger partial charge in [0.2, 0.25) is 15.9 Å². The van der Waals surface area contributed by atoms with Crippen molar-refractivity contribution in [2.75, 3.05) is 12.3 Å². The van der Waals surface area contributed by atoms with Gasteiger partial charge in [0, 0.05) is 13.0 Å². The Morgan fingerprint density at radius 3 is 3.00 bits per heavy atom. The predicted molar refractivity (Wildman–Crippen MR) is 91.7 cm³/mol. The van der Waals surface area contributed by atoms with Crippen LogP contribution in [0.4, 0.5) is 0 Å². The summed E-state index contributed by atoms with van der Waals surface area (Å²) in [6.45, 7) is 2.70. The number of primary sulfonamides is 1. The van der Waals surface area contributed by atoms with Crippen molar-refractivity contribution in [3.05, 3.63) is 29.6 Å². The van der Waals surface area contributed by atoms with Gasteiger partial charge in [0.05, 0.1) is 22.8 Å². The average molecular weight is 350 g/mol. The summed E-state index contributed by atoms with van der Waals surface area (Å²) in [5.74, 6) is 0.590. The topological polar surface area (TPSA) is 109 Å². The minimum atomic E-state index is -3.52. The molecular formula is C16H22N4O3S. The van der Waals surface area contributed by atoms with Crippen molar-refractivity contribution in [1.82, 2.24) is 14.9 Å². The van der Waals surface area contributed by atoms with E-state index in [1.54, 1.807) is 4.90 Å². The first-order chi connectivity index (χ1) is 11.3. The van der Waals surface area contributed by atoms with E-state index in [0.29, 0.717) is 6.54 Å². The number of nitrogens with one attached hydrogen (secondary N) is 1. The maximum absolute atomic E-state index is 12.4. The molecule has 3 rings (SSSR count). The van der Waals surface area contributed by atoms with E-state index in [1.807, 2.05) is 25.1 Å². The number of aryl methyl sites for hydroxylation is 1. The summed E-state index contributed by atoms with van der Waals surface area (Å²) in [6.07, 6.45) is 2.22. The van der Waals surface area contributed by atoms with Gasteiger partial charge in [-0.05, 0) is 43.9 Å². The molecule has 1 aliphatic rings. The summed E-state index contributed by atoms with van der Waals surface area (Å²) in [5, 5.41) is 4.98. The molecule has 1 unspecified atom stereocenters. The summed E-state index contributed by atoms with van der Waals surface area (Å²) in [6, 6.07) is 5.95. The summed E-state index contributed by atoms with van der Waals surface area (Å²) in [4.78, 5) is 22.2. The van der Waals surface area contributed by atoms with Crippen LogP contribution >= 0.6 is 0 Å². The van der Waals surface area contributed by atoms with Crippen LogP contribution in [0.3, 0.4) is 0 Å². The second kappa shape index (κ2) is 6.52. The van der Waals surface area contributed by atoms with Crippen LogP contribution in [-0.2, 0) is 14.8 Å². The number of H-pyrrole nitrogens is 1. The van der Waals surface area contributed by atoms with Gasteiger partial charge in [-0.25, -0.2) is 18.5 Å². The SMILES string of the molecule is Cc1ccc2nc(C3CCCN3C(=O)CCCS(N)(=O)=O)[nH]c2c1. The zero-order valence-electron chi connectivity index (χ0n) is 13.7. The Hall–Kier alpha value is -1.93. The fourth-order valence-corrected chi connectivity index (χ4v) is 3.77. The van der Waals surface area contributed by atoms with Gasteiger partial charge >= 0.3 is 0 Å². The lowest BCUT2D eigenvalue weighted by atomic mass is 10.2. The van der Waals surface area contributed by atoms with Crippen molar-refractivity contribution < 1.29 is 13.2 Å². The molecule has 7 nitrogen and oxygen atoms in total. The van der Waals surface area contributed by atoms with Crippen molar-refractivity contribution in [2.45, 2.75) is 38.6 Å². The Morgan fingerprint density at radius 1 is 1.46 bits per heavy atom. The van der Waals surface area contributed by atoms with E-state index in [1.165, 1.54) is 0 Å². The molecule has 2 heterocycles. The summed E-state index contributed by atoms with van der Waals surface area (Å²) in [5.41, 5.74) is 3.02. The van der Waals surface area contributed by atoms with Crippen LogP contribution < -0.4 is 5.14 Å². The van der Waals surface area contributed by atoms with Crippen molar-refractivity contribution in [3.8, 4) is 0 Å². The van der Waals surface area contributed by atoms with Crippen LogP contribution in [0.5, 0.6) is 0 Å². The maximum atomic E-state index is 12.4. The molecule has 1 fully saturated rings. The molecule has 130 valence electrons. The highest BCUT2D eigenvalue weighted by Gasteiger charge is 2.31. The van der Waals surface area contributed by atoms with Crippen LogP contribution in [0.25, 0.3) is 11.0 Å². The van der Waals surface area contributed by atoms with E-state index in [2.05, 4.69) is 9.97 Å². The van der Waals surface area contributed by atoms with Crippen molar-refractivity contribution in [2.24, 2.45) is 5.14 Å². The van der Waals surface area contributed by atoms with Gasteiger partial charge in [0.25, 0.3) is 0 Å². The third-order valence-corrected chi connectivity index (χ3v) is 5.22. The number of hydrogen-bond donors (Lipinski definition) is 2. The number of aromatic nitrogens is 2. The largest absolute Gasteiger partial charge is 0.340 e. The molecular weight excluding hydrogens is 328 g/mol. The number of hydrogen-bond acceptors (Lipinski definition) is 4. The third-order valence-electron chi connectivity index (χ3n) is 4.36. The number of benzene rings is 1. The average Bonchev–Trinajstić information content (AvgIpc) is 3.11. The first kappa shape index (κ1) is 16.9. The molecule has 1 aliphatic heterocycles. The molecule has 3 N–H and O–H groups in total. The molecule has 1 saturated heterocycles. The first-order valence-corrected chi connectivity index (χ1v) is 9.81. The highest BCUT2D eigenvalue weighted by Crippen LogP contribution is 2.32. The van der Waals surface area contributed by atoms with Gasteiger partial charge in [-0.15, -0.1) is 0 Å². The summed E-state index contributed by atoms with van der Waals surface area (Å²) < 4.78 is 22.0. The first-order valence-electron chi connectivity index (χ1n) is 8.10. The van der Waals surface area contributed by atoms with E-state index < -0.39 is 10.0 Å². The second-order valence-corrected chi connectivity index (χ2v) is 8.09. The number of likely N-dealkylation sites (tertiary alicyclic amines) is 1. The van der Waals surface area contributed by atoms with Crippen molar-refractivity contribution >= 4 is 27.0 Å². The number of carbonyl (C=O) groups excluding carboxylic acids is 1. The van der Waals surface area contributed by atoms with Crippen LogP contribution in [-0.4, -0.2) is 41.5 Å². The van der Waals surface area contributed by atoms with Crippen LogP contribution in [0.1, 0.15) is 43.1 Å². The zero-order valence-corrected chi connectivity index (χ0v) is 14.5. The van der Waals surface area contributed by atoms with Crippen molar-refractivity contribution in [1.29, 1.82) is 0 Å². The number of aromatic amines is 1. The molecule has 0 saturated carbocycles. The Morgan fingerprint density at radius 2 is 2.25 bits per heavy atom. The number of nitrogens with zero attached hydrogens (tertiary/aromatic N) is 2. The molecule has 0 radical (unpaired) electrons. The molecule has 24 heavy (non-hydrogen) atoms. The van der Waals surface area contributed by atoms with Gasteiger partial charge in [0.1, 0.15) is 5.82 Å². The molecule has 1 aromatic heterocycles. The molecule has 0 bridgehead atoms. The zero-order chi connectivity index (χ0) is 17.3. The van der Waals surface area contributed by atoms with E-state index >= 15 is 0 Å². The summed E-state index contributed by atoms with van der Waals surface area (Å²) in [7, 11) is -3.52. The van der Waals surface area contributed by atoms with E-state index in [0.717, 1.165) is 35.3 Å². The van der Waals surface area contributed by atoms with Crippen LogP contribution in [0.2, 0.25) is 0 Å². The van der Waals surface area contributed by atoms with Gasteiger partial charge in [-0.1, -0.05) is 6.07 Å². The van der Waals surface area contributed by atoms with E-state index in [-0.39, 0.29) is 30.5 Å². The normalized spacial score (nSPS) is 18.4. The van der Waals surface area contributed by atoms with Crippen LogP contribution in [0.15, 0.2) is 18.2 Å². The van der Waals surface area contributed by atoms with Gasteiger partial charge in [-0.3, -0.25) is 4.79 Å². The quantitative estimate of drug-likeness (QED) is 0.853. The van der Waals surface area contributed by atoms with Crippen LogP contribution in [0, 0.1) is 6.92 Å². The monoisotopic (exact) mass is 350 g/mol. The lowest BCUT2D eigenvalue weighted by Gasteiger charge is -2.23. The highest BCUT2D eigenvalue weighted by molar-refractivity contribution is 7.89. The number of nitrogens with two attached hydrogens (primary N) is 1. The summed E-state index contributed by atoms with van der Waals surface area (Å²) >= 11 is 0. The molecule has 8 heteroatoms. The Labute approximate surface area is 141 Å². The molecule has 0 spiro atoms. The highest BCUT2D eigenvalue weighted by atomic mass is 32.2. The van der Waals surface area contributed by atoms with Gasteiger partial charge < -0.3 is 9.88 Å². The smallest absolute Gasteiger partial charge is 0.223 e. The lowest BCUT2D eigenvalue weighted by Crippen LogP contribution is -2.31. The van der Waals surface area contributed by atoms with Gasteiger partial charge in [-0.2, -0.15) is 0 Å². The molecule has 0 aliphatic carbocycles. The number of rotatable bonds is 5. The maximum Gasteiger partial charge on any atom is 0.223 e. The molecule has 1 aromatic carbocycles. The minimum Gasteiger partial charge on any atom is -0.340 e. The Bertz CT molecular complexity index is 859. The number of carbonyl (C=O) groups is 1. The van der Waals surface area contributed by atoms with Crippen molar-refractivity contribution in [3.63, 3.8) is 0 Å². The number of imidazole rings is 1. The predicted octanol–water partition coefficient (Wildman–Crippen LogP) is 1.60. The molecule has 1 amide bonds. The number of sulfonamides is 1.